The number of hydrogen-bond donors (Lipinski definition) is 1. The number of ether oxygens (including phenoxy) is 1. The van der Waals surface area contributed by atoms with Gasteiger partial charge in [0.25, 0.3) is 0 Å². The maximum atomic E-state index is 10.4. The number of carbonyl (C=O) groups is 1. The molecule has 0 atom stereocenters. The Morgan fingerprint density at radius 1 is 1.70 bits per heavy atom. The van der Waals surface area contributed by atoms with Gasteiger partial charge in [-0.1, -0.05) is 6.92 Å². The summed E-state index contributed by atoms with van der Waals surface area (Å²) in [6.45, 7) is 1.81. The number of hydrogen-bond acceptors (Lipinski definition) is 3. The van der Waals surface area contributed by atoms with Gasteiger partial charge in [0.15, 0.2) is 0 Å². The fourth-order valence-corrected chi connectivity index (χ4v) is 0.350. The van der Waals surface area contributed by atoms with Crippen molar-refractivity contribution in [1.82, 2.24) is 0 Å². The van der Waals surface area contributed by atoms with Gasteiger partial charge in [-0.15, -0.1) is 0 Å². The molecule has 0 saturated heterocycles. The van der Waals surface area contributed by atoms with Crippen LogP contribution in [0.25, 0.3) is 0 Å². The number of esters is 1. The average Bonchev–Trinajstić information content (AvgIpc) is 1.98. The van der Waals surface area contributed by atoms with Gasteiger partial charge in [0.1, 0.15) is 0 Å². The molecule has 0 aromatic rings. The standard InChI is InChI=1S/C7H12O3/c1-2-7(9)10-6-4-3-5-8/h4,6,8H,2-3,5H2,1H3. The van der Waals surface area contributed by atoms with E-state index in [2.05, 4.69) is 4.74 Å². The molecule has 3 heteroatoms. The summed E-state index contributed by atoms with van der Waals surface area (Å²) >= 11 is 0. The Morgan fingerprint density at radius 2 is 2.40 bits per heavy atom. The van der Waals surface area contributed by atoms with Crippen LogP contribution < -0.4 is 0 Å². The maximum absolute atomic E-state index is 10.4. The van der Waals surface area contributed by atoms with Crippen LogP contribution in [0.5, 0.6) is 0 Å². The third kappa shape index (κ3) is 5.31. The van der Waals surface area contributed by atoms with E-state index in [1.807, 2.05) is 0 Å². The Kier molecular flexibility index (Phi) is 5.77. The van der Waals surface area contributed by atoms with Crippen molar-refractivity contribution in [3.05, 3.63) is 12.3 Å². The lowest BCUT2D eigenvalue weighted by Crippen LogP contribution is -1.95. The van der Waals surface area contributed by atoms with Crippen molar-refractivity contribution in [2.24, 2.45) is 0 Å². The molecule has 0 bridgehead atoms. The van der Waals surface area contributed by atoms with Gasteiger partial charge in [0.05, 0.1) is 6.26 Å². The lowest BCUT2D eigenvalue weighted by Gasteiger charge is -1.92. The highest BCUT2D eigenvalue weighted by molar-refractivity contribution is 5.69. The van der Waals surface area contributed by atoms with Crippen LogP contribution in [0.15, 0.2) is 12.3 Å². The molecule has 0 radical (unpaired) electrons. The van der Waals surface area contributed by atoms with Crippen molar-refractivity contribution in [2.45, 2.75) is 19.8 Å². The molecule has 0 aliphatic heterocycles. The SMILES string of the molecule is CCC(=O)OC=CCCO. The zero-order valence-corrected chi connectivity index (χ0v) is 6.04. The molecule has 0 aliphatic rings. The third-order valence-electron chi connectivity index (χ3n) is 0.880. The Bertz CT molecular complexity index is 118. The number of rotatable bonds is 4. The zero-order valence-electron chi connectivity index (χ0n) is 6.04. The van der Waals surface area contributed by atoms with Crippen LogP contribution in [-0.2, 0) is 9.53 Å². The molecular weight excluding hydrogens is 132 g/mol. The van der Waals surface area contributed by atoms with Crippen LogP contribution in [0, 0.1) is 0 Å². The van der Waals surface area contributed by atoms with Gasteiger partial charge < -0.3 is 9.84 Å². The minimum atomic E-state index is -0.255. The smallest absolute Gasteiger partial charge is 0.310 e. The lowest BCUT2D eigenvalue weighted by atomic mass is 10.4. The molecule has 0 spiro atoms. The molecule has 0 aromatic carbocycles. The van der Waals surface area contributed by atoms with E-state index in [1.54, 1.807) is 13.0 Å². The second-order valence-electron chi connectivity index (χ2n) is 1.73. The predicted molar refractivity (Wildman–Crippen MR) is 37.2 cm³/mol. The van der Waals surface area contributed by atoms with Crippen molar-refractivity contribution < 1.29 is 14.6 Å². The number of carbonyl (C=O) groups excluding carboxylic acids is 1. The Balaban J connectivity index is 3.25. The van der Waals surface area contributed by atoms with Gasteiger partial charge in [-0.3, -0.25) is 4.79 Å². The van der Waals surface area contributed by atoms with Crippen LogP contribution in [0.4, 0.5) is 0 Å². The molecule has 0 fully saturated rings. The highest BCUT2D eigenvalue weighted by Gasteiger charge is 1.91. The summed E-state index contributed by atoms with van der Waals surface area (Å²) in [6.07, 6.45) is 3.82. The summed E-state index contributed by atoms with van der Waals surface area (Å²) in [5.74, 6) is -0.255. The highest BCUT2D eigenvalue weighted by atomic mass is 16.5. The minimum Gasteiger partial charge on any atom is -0.435 e. The lowest BCUT2D eigenvalue weighted by molar-refractivity contribution is -0.137. The Hall–Kier alpha value is -0.830. The third-order valence-corrected chi connectivity index (χ3v) is 0.880. The molecule has 0 aromatic heterocycles. The van der Waals surface area contributed by atoms with E-state index in [-0.39, 0.29) is 12.6 Å². The normalized spacial score (nSPS) is 10.2. The Morgan fingerprint density at radius 3 is 2.90 bits per heavy atom. The highest BCUT2D eigenvalue weighted by Crippen LogP contribution is 1.87. The van der Waals surface area contributed by atoms with Crippen LogP contribution in [0.2, 0.25) is 0 Å². The summed E-state index contributed by atoms with van der Waals surface area (Å²) in [4.78, 5) is 10.4. The van der Waals surface area contributed by atoms with Crippen molar-refractivity contribution >= 4 is 5.97 Å². The van der Waals surface area contributed by atoms with Crippen molar-refractivity contribution in [2.75, 3.05) is 6.61 Å². The van der Waals surface area contributed by atoms with Crippen LogP contribution >= 0.6 is 0 Å². The van der Waals surface area contributed by atoms with Crippen molar-refractivity contribution in [3.63, 3.8) is 0 Å². The zero-order chi connectivity index (χ0) is 7.82. The summed E-state index contributed by atoms with van der Waals surface area (Å²) in [5, 5.41) is 8.30. The second kappa shape index (κ2) is 6.29. The molecule has 58 valence electrons. The molecular formula is C7H12O3. The van der Waals surface area contributed by atoms with Gasteiger partial charge in [0.2, 0.25) is 0 Å². The van der Waals surface area contributed by atoms with Crippen molar-refractivity contribution in [3.8, 4) is 0 Å². The largest absolute Gasteiger partial charge is 0.435 e. The molecule has 0 rings (SSSR count). The van der Waals surface area contributed by atoms with E-state index in [0.717, 1.165) is 0 Å². The van der Waals surface area contributed by atoms with E-state index >= 15 is 0 Å². The summed E-state index contributed by atoms with van der Waals surface area (Å²) < 4.78 is 4.56. The first-order chi connectivity index (χ1) is 4.81. The summed E-state index contributed by atoms with van der Waals surface area (Å²) in [7, 11) is 0. The molecule has 0 saturated carbocycles. The fraction of sp³-hybridized carbons (Fsp3) is 0.571. The average molecular weight is 144 g/mol. The van der Waals surface area contributed by atoms with Gasteiger partial charge >= 0.3 is 5.97 Å². The summed E-state index contributed by atoms with van der Waals surface area (Å²) in [5.41, 5.74) is 0. The molecule has 0 unspecified atom stereocenters. The van der Waals surface area contributed by atoms with Crippen LogP contribution in [-0.4, -0.2) is 17.7 Å². The number of aliphatic hydroxyl groups is 1. The van der Waals surface area contributed by atoms with E-state index in [0.29, 0.717) is 12.8 Å². The second-order valence-corrected chi connectivity index (χ2v) is 1.73. The van der Waals surface area contributed by atoms with Gasteiger partial charge in [0, 0.05) is 13.0 Å². The topological polar surface area (TPSA) is 46.5 Å². The minimum absolute atomic E-state index is 0.0835. The molecule has 0 aliphatic carbocycles. The first kappa shape index (κ1) is 9.17. The first-order valence-corrected chi connectivity index (χ1v) is 3.26. The fourth-order valence-electron chi connectivity index (χ4n) is 0.350. The molecule has 0 amide bonds. The van der Waals surface area contributed by atoms with Crippen LogP contribution in [0.3, 0.4) is 0 Å². The summed E-state index contributed by atoms with van der Waals surface area (Å²) in [6, 6.07) is 0. The van der Waals surface area contributed by atoms with E-state index in [4.69, 9.17) is 5.11 Å². The van der Waals surface area contributed by atoms with E-state index < -0.39 is 0 Å². The molecule has 1 N–H and O–H groups in total. The van der Waals surface area contributed by atoms with Crippen LogP contribution in [0.1, 0.15) is 19.8 Å². The maximum Gasteiger partial charge on any atom is 0.310 e. The Labute approximate surface area is 60.3 Å². The molecule has 0 heterocycles. The quantitative estimate of drug-likeness (QED) is 0.469. The first-order valence-electron chi connectivity index (χ1n) is 3.26. The molecule has 10 heavy (non-hydrogen) atoms. The van der Waals surface area contributed by atoms with E-state index in [9.17, 15) is 4.79 Å². The van der Waals surface area contributed by atoms with Gasteiger partial charge in [-0.2, -0.15) is 0 Å². The monoisotopic (exact) mass is 144 g/mol. The number of aliphatic hydroxyl groups excluding tert-OH is 1. The van der Waals surface area contributed by atoms with Gasteiger partial charge in [-0.05, 0) is 12.5 Å². The predicted octanol–water partition coefficient (Wildman–Crippen LogP) is 0.836. The molecule has 3 nitrogen and oxygen atoms in total. The van der Waals surface area contributed by atoms with E-state index in [1.165, 1.54) is 6.26 Å². The van der Waals surface area contributed by atoms with Gasteiger partial charge in [-0.25, -0.2) is 0 Å². The van der Waals surface area contributed by atoms with Crippen molar-refractivity contribution in [1.29, 1.82) is 0 Å².